The van der Waals surface area contributed by atoms with Crippen LogP contribution in [-0.4, -0.2) is 47.4 Å². The van der Waals surface area contributed by atoms with E-state index in [2.05, 4.69) is 9.88 Å². The molecule has 0 saturated carbocycles. The third-order valence-electron chi connectivity index (χ3n) is 5.87. The van der Waals surface area contributed by atoms with Crippen LogP contribution in [0.2, 0.25) is 0 Å². The quantitative estimate of drug-likeness (QED) is 0.898. The number of carbonyl (C=O) groups is 1. The number of halogens is 1. The number of para-hydroxylation sites is 1. The fraction of sp³-hybridized carbons (Fsp3) is 0.500. The predicted octanol–water partition coefficient (Wildman–Crippen LogP) is 2.50. The Kier molecular flexibility index (Phi) is 4.31. The Bertz CT molecular complexity index is 910. The number of aromatic amines is 1. The van der Waals surface area contributed by atoms with Crippen molar-refractivity contribution in [1.82, 2.24) is 14.8 Å². The molecular weight excluding hydrogens is 333 g/mol. The first-order valence-corrected chi connectivity index (χ1v) is 9.23. The van der Waals surface area contributed by atoms with Crippen molar-refractivity contribution in [1.29, 1.82) is 0 Å². The summed E-state index contributed by atoms with van der Waals surface area (Å²) >= 11 is 0. The molecule has 1 amide bonds. The molecule has 5 nitrogen and oxygen atoms in total. The van der Waals surface area contributed by atoms with Crippen LogP contribution in [0, 0.1) is 11.2 Å². The van der Waals surface area contributed by atoms with Crippen LogP contribution in [0.25, 0.3) is 10.9 Å². The molecule has 4 rings (SSSR count). The number of amides is 1. The van der Waals surface area contributed by atoms with Gasteiger partial charge in [0, 0.05) is 55.7 Å². The Labute approximate surface area is 151 Å². The lowest BCUT2D eigenvalue weighted by Gasteiger charge is -2.47. The van der Waals surface area contributed by atoms with Gasteiger partial charge >= 0.3 is 0 Å². The second kappa shape index (κ2) is 6.50. The standard InChI is InChI=1S/C20H24FN3O2/c1-23-12-20(8-6-18(23)26)7-3-9-24(13-20)11-14-10-17(25)15-4-2-5-16(21)19(15)22-14/h2,4-5,10H,3,6-9,11-13H2,1H3,(H,22,25). The van der Waals surface area contributed by atoms with Gasteiger partial charge in [-0.1, -0.05) is 6.07 Å². The van der Waals surface area contributed by atoms with E-state index in [1.807, 2.05) is 11.9 Å². The summed E-state index contributed by atoms with van der Waals surface area (Å²) in [5.41, 5.74) is 1.01. The fourth-order valence-corrected chi connectivity index (χ4v) is 4.63. The van der Waals surface area contributed by atoms with Crippen LogP contribution in [0.1, 0.15) is 31.4 Å². The molecule has 1 aromatic heterocycles. The molecule has 0 aliphatic carbocycles. The molecular formula is C20H24FN3O2. The number of fused-ring (bicyclic) bond motifs is 1. The van der Waals surface area contributed by atoms with Crippen LogP contribution in [0.4, 0.5) is 4.39 Å². The minimum Gasteiger partial charge on any atom is -0.355 e. The zero-order valence-corrected chi connectivity index (χ0v) is 15.1. The minimum absolute atomic E-state index is 0.142. The van der Waals surface area contributed by atoms with E-state index in [0.717, 1.165) is 44.6 Å². The molecule has 0 radical (unpaired) electrons. The summed E-state index contributed by atoms with van der Waals surface area (Å²) < 4.78 is 14.1. The largest absolute Gasteiger partial charge is 0.355 e. The molecule has 1 aromatic carbocycles. The molecule has 3 heterocycles. The van der Waals surface area contributed by atoms with Crippen molar-refractivity contribution >= 4 is 16.8 Å². The number of likely N-dealkylation sites (tertiary alicyclic amines) is 2. The number of nitrogens with zero attached hydrogens (tertiary/aromatic N) is 2. The van der Waals surface area contributed by atoms with Crippen LogP contribution in [0.5, 0.6) is 0 Å². The van der Waals surface area contributed by atoms with Crippen LogP contribution in [0.3, 0.4) is 0 Å². The smallest absolute Gasteiger partial charge is 0.222 e. The Hall–Kier alpha value is -2.21. The summed E-state index contributed by atoms with van der Waals surface area (Å²) in [5.74, 6) is -0.175. The van der Waals surface area contributed by atoms with E-state index in [9.17, 15) is 14.0 Å². The van der Waals surface area contributed by atoms with Gasteiger partial charge in [-0.05, 0) is 37.9 Å². The lowest BCUT2D eigenvalue weighted by atomic mass is 9.73. The van der Waals surface area contributed by atoms with Gasteiger partial charge < -0.3 is 9.88 Å². The Morgan fingerprint density at radius 3 is 2.88 bits per heavy atom. The maximum absolute atomic E-state index is 14.1. The molecule has 1 atom stereocenters. The average Bonchev–Trinajstić information content (AvgIpc) is 2.60. The van der Waals surface area contributed by atoms with E-state index >= 15 is 0 Å². The zero-order valence-electron chi connectivity index (χ0n) is 15.1. The SMILES string of the molecule is CN1CC2(CCCN(Cc3cc(=O)c4cccc(F)c4[nH]3)C2)CCC1=O. The van der Waals surface area contributed by atoms with Crippen LogP contribution >= 0.6 is 0 Å². The lowest BCUT2D eigenvalue weighted by molar-refractivity contribution is -0.137. The van der Waals surface area contributed by atoms with Crippen molar-refractivity contribution < 1.29 is 9.18 Å². The molecule has 1 N–H and O–H groups in total. The highest BCUT2D eigenvalue weighted by atomic mass is 19.1. The molecule has 2 fully saturated rings. The van der Waals surface area contributed by atoms with Gasteiger partial charge in [-0.3, -0.25) is 14.5 Å². The average molecular weight is 357 g/mol. The fourth-order valence-electron chi connectivity index (χ4n) is 4.63. The van der Waals surface area contributed by atoms with Gasteiger partial charge in [-0.2, -0.15) is 0 Å². The first kappa shape index (κ1) is 17.2. The zero-order chi connectivity index (χ0) is 18.3. The van der Waals surface area contributed by atoms with Crippen molar-refractivity contribution in [2.24, 2.45) is 5.41 Å². The van der Waals surface area contributed by atoms with Crippen LogP contribution in [0.15, 0.2) is 29.1 Å². The number of nitrogens with one attached hydrogen (secondary N) is 1. The Morgan fingerprint density at radius 1 is 1.23 bits per heavy atom. The van der Waals surface area contributed by atoms with Gasteiger partial charge in [-0.15, -0.1) is 0 Å². The molecule has 2 saturated heterocycles. The third-order valence-corrected chi connectivity index (χ3v) is 5.87. The molecule has 2 aromatic rings. The maximum Gasteiger partial charge on any atom is 0.222 e. The van der Waals surface area contributed by atoms with E-state index in [0.29, 0.717) is 18.4 Å². The highest BCUT2D eigenvalue weighted by molar-refractivity contribution is 5.79. The molecule has 1 spiro atoms. The maximum atomic E-state index is 14.1. The number of H-pyrrole nitrogens is 1. The lowest BCUT2D eigenvalue weighted by Crippen LogP contribution is -2.52. The second-order valence-electron chi connectivity index (χ2n) is 7.89. The number of rotatable bonds is 2. The van der Waals surface area contributed by atoms with Crippen molar-refractivity contribution in [3.05, 3.63) is 46.0 Å². The first-order valence-electron chi connectivity index (χ1n) is 9.23. The predicted molar refractivity (Wildman–Crippen MR) is 98.3 cm³/mol. The van der Waals surface area contributed by atoms with Gasteiger partial charge in [0.2, 0.25) is 5.91 Å². The number of piperidine rings is 2. The van der Waals surface area contributed by atoms with Crippen LogP contribution in [-0.2, 0) is 11.3 Å². The monoisotopic (exact) mass is 357 g/mol. The summed E-state index contributed by atoms with van der Waals surface area (Å²) in [4.78, 5) is 31.4. The molecule has 2 aliphatic rings. The van der Waals surface area contributed by atoms with Gasteiger partial charge in [0.1, 0.15) is 5.82 Å². The van der Waals surface area contributed by atoms with E-state index in [-0.39, 0.29) is 22.3 Å². The molecule has 0 bridgehead atoms. The topological polar surface area (TPSA) is 56.4 Å². The summed E-state index contributed by atoms with van der Waals surface area (Å²) in [6.45, 7) is 3.25. The van der Waals surface area contributed by atoms with E-state index in [4.69, 9.17) is 0 Å². The molecule has 2 aliphatic heterocycles. The number of carbonyl (C=O) groups excluding carboxylic acids is 1. The van der Waals surface area contributed by atoms with Crippen molar-refractivity contribution in [3.8, 4) is 0 Å². The summed E-state index contributed by atoms with van der Waals surface area (Å²) in [6, 6.07) is 6.15. The number of aromatic nitrogens is 1. The summed E-state index contributed by atoms with van der Waals surface area (Å²) in [6.07, 6.45) is 3.75. The Balaban J connectivity index is 1.56. The van der Waals surface area contributed by atoms with Crippen molar-refractivity contribution in [2.45, 2.75) is 32.2 Å². The van der Waals surface area contributed by atoms with Gasteiger partial charge in [0.05, 0.1) is 5.52 Å². The van der Waals surface area contributed by atoms with Gasteiger partial charge in [-0.25, -0.2) is 4.39 Å². The van der Waals surface area contributed by atoms with Gasteiger partial charge in [0.25, 0.3) is 0 Å². The highest BCUT2D eigenvalue weighted by Gasteiger charge is 2.40. The molecule has 6 heteroatoms. The molecule has 26 heavy (non-hydrogen) atoms. The number of hydrogen-bond donors (Lipinski definition) is 1. The highest BCUT2D eigenvalue weighted by Crippen LogP contribution is 2.38. The van der Waals surface area contributed by atoms with Crippen LogP contribution < -0.4 is 5.43 Å². The normalized spacial score (nSPS) is 24.5. The van der Waals surface area contributed by atoms with Crippen molar-refractivity contribution in [3.63, 3.8) is 0 Å². The third kappa shape index (κ3) is 3.14. The Morgan fingerprint density at radius 2 is 2.08 bits per heavy atom. The summed E-state index contributed by atoms with van der Waals surface area (Å²) in [7, 11) is 1.88. The number of pyridine rings is 1. The minimum atomic E-state index is -0.399. The number of hydrogen-bond acceptors (Lipinski definition) is 3. The molecule has 1 unspecified atom stereocenters. The van der Waals surface area contributed by atoms with Crippen molar-refractivity contribution in [2.75, 3.05) is 26.7 Å². The van der Waals surface area contributed by atoms with E-state index in [1.54, 1.807) is 18.2 Å². The van der Waals surface area contributed by atoms with E-state index < -0.39 is 5.82 Å². The second-order valence-corrected chi connectivity index (χ2v) is 7.89. The molecule has 138 valence electrons. The number of benzene rings is 1. The van der Waals surface area contributed by atoms with Gasteiger partial charge in [0.15, 0.2) is 5.43 Å². The first-order chi connectivity index (χ1) is 12.5. The van der Waals surface area contributed by atoms with E-state index in [1.165, 1.54) is 6.07 Å². The summed E-state index contributed by atoms with van der Waals surface area (Å²) in [5, 5.41) is 0.385.